The zero-order valence-electron chi connectivity index (χ0n) is 22.1. The fourth-order valence-electron chi connectivity index (χ4n) is 4.09. The second kappa shape index (κ2) is 12.5. The zero-order valence-corrected chi connectivity index (χ0v) is 24.3. The quantitative estimate of drug-likeness (QED) is 0.228. The number of fused-ring (bicyclic) bond motifs is 1. The minimum atomic E-state index is -0.834. The van der Waals surface area contributed by atoms with Gasteiger partial charge in [-0.25, -0.2) is 0 Å². The first kappa shape index (κ1) is 30.6. The molecule has 1 N–H and O–H groups in total. The second-order valence-electron chi connectivity index (χ2n) is 11.0. The first-order chi connectivity index (χ1) is 15.6. The van der Waals surface area contributed by atoms with Crippen LogP contribution in [-0.2, 0) is 23.9 Å². The van der Waals surface area contributed by atoms with Gasteiger partial charge in [0, 0.05) is 33.3 Å². The highest BCUT2D eigenvalue weighted by Gasteiger charge is 2.47. The van der Waals surface area contributed by atoms with Crippen LogP contribution in [-0.4, -0.2) is 94.4 Å². The van der Waals surface area contributed by atoms with Crippen molar-refractivity contribution >= 4 is 47.2 Å². The maximum absolute atomic E-state index is 13.4. The standard InChI is InChI=1S/C19H31IN4O4.C5H12O/c1-12-15-6-7-16(20)24(15)18(28)14(8-23(11-26)9-19(12,3)4)21-17(27)13(2)22(5)10-25;1-5(2,3)6-4/h10-16H,6-9H2,1-5H3,(H,21,27);1-4H3. The Morgan fingerprint density at radius 1 is 1.29 bits per heavy atom. The van der Waals surface area contributed by atoms with Crippen molar-refractivity contribution in [3.63, 3.8) is 0 Å². The third-order valence-electron chi connectivity index (χ3n) is 6.98. The Labute approximate surface area is 218 Å². The SMILES string of the molecule is CC(C(=O)NC1CN(C=O)CC(C)(C)C(C)C2CCC(I)N2C1=O)N(C)C=O.COC(C)(C)C. The van der Waals surface area contributed by atoms with Crippen molar-refractivity contribution in [1.82, 2.24) is 20.0 Å². The first-order valence-corrected chi connectivity index (χ1v) is 13.0. The number of ether oxygens (including phenoxy) is 1. The van der Waals surface area contributed by atoms with Gasteiger partial charge in [0.1, 0.15) is 12.1 Å². The zero-order chi connectivity index (χ0) is 26.4. The van der Waals surface area contributed by atoms with E-state index in [1.165, 1.54) is 11.9 Å². The molecule has 0 bridgehead atoms. The maximum atomic E-state index is 13.4. The van der Waals surface area contributed by atoms with E-state index in [-0.39, 0.29) is 39.5 Å². The summed E-state index contributed by atoms with van der Waals surface area (Å²) in [5.74, 6) is -0.369. The molecule has 2 aliphatic rings. The van der Waals surface area contributed by atoms with Crippen LogP contribution in [0.1, 0.15) is 61.3 Å². The summed E-state index contributed by atoms with van der Waals surface area (Å²) in [6, 6.07) is -1.47. The van der Waals surface area contributed by atoms with E-state index in [4.69, 9.17) is 4.74 Å². The Hall–Kier alpha value is -1.43. The summed E-state index contributed by atoms with van der Waals surface area (Å²) in [4.78, 5) is 53.4. The van der Waals surface area contributed by atoms with Crippen LogP contribution < -0.4 is 5.32 Å². The number of nitrogens with zero attached hydrogens (tertiary/aromatic N) is 3. The van der Waals surface area contributed by atoms with Gasteiger partial charge >= 0.3 is 0 Å². The fraction of sp³-hybridized carbons (Fsp3) is 0.833. The Morgan fingerprint density at radius 2 is 1.85 bits per heavy atom. The third kappa shape index (κ3) is 8.07. The average Bonchev–Trinajstić information content (AvgIpc) is 3.16. The van der Waals surface area contributed by atoms with E-state index < -0.39 is 18.0 Å². The van der Waals surface area contributed by atoms with Crippen molar-refractivity contribution in [1.29, 1.82) is 0 Å². The molecule has 2 heterocycles. The molecule has 5 unspecified atom stereocenters. The van der Waals surface area contributed by atoms with E-state index >= 15 is 0 Å². The molecule has 0 aliphatic carbocycles. The van der Waals surface area contributed by atoms with Crippen LogP contribution in [0.3, 0.4) is 0 Å². The molecule has 0 aromatic heterocycles. The number of carbonyl (C=O) groups is 4. The summed E-state index contributed by atoms with van der Waals surface area (Å²) in [6.45, 7) is 14.7. The molecule has 0 radical (unpaired) electrons. The van der Waals surface area contributed by atoms with Crippen LogP contribution >= 0.6 is 22.6 Å². The molecule has 5 atom stereocenters. The smallest absolute Gasteiger partial charge is 0.248 e. The van der Waals surface area contributed by atoms with Gasteiger partial charge < -0.3 is 24.8 Å². The minimum Gasteiger partial charge on any atom is -0.379 e. The minimum absolute atomic E-state index is 0.0417. The number of likely N-dealkylation sites (N-methyl/N-ethyl adjacent to an activating group) is 1. The number of nitrogens with one attached hydrogen (secondary N) is 1. The van der Waals surface area contributed by atoms with E-state index in [9.17, 15) is 19.2 Å². The van der Waals surface area contributed by atoms with Crippen molar-refractivity contribution in [2.45, 2.75) is 89.1 Å². The van der Waals surface area contributed by atoms with Gasteiger partial charge in [-0.05, 0) is 51.9 Å². The lowest BCUT2D eigenvalue weighted by molar-refractivity contribution is -0.140. The van der Waals surface area contributed by atoms with Gasteiger partial charge in [0.15, 0.2) is 0 Å². The van der Waals surface area contributed by atoms with Crippen LogP contribution in [0.15, 0.2) is 0 Å². The number of rotatable bonds is 5. The molecule has 2 fully saturated rings. The Balaban J connectivity index is 0.000000852. The highest BCUT2D eigenvalue weighted by Crippen LogP contribution is 2.41. The number of alkyl halides is 1. The van der Waals surface area contributed by atoms with Gasteiger partial charge in [-0.15, -0.1) is 0 Å². The second-order valence-corrected chi connectivity index (χ2v) is 12.4. The molecule has 4 amide bonds. The van der Waals surface area contributed by atoms with Crippen molar-refractivity contribution in [2.75, 3.05) is 27.2 Å². The van der Waals surface area contributed by atoms with Crippen LogP contribution in [0.4, 0.5) is 0 Å². The lowest BCUT2D eigenvalue weighted by atomic mass is 9.75. The molecule has 34 heavy (non-hydrogen) atoms. The average molecular weight is 595 g/mol. The number of carbonyl (C=O) groups excluding carboxylic acids is 4. The molecule has 196 valence electrons. The van der Waals surface area contributed by atoms with Crippen molar-refractivity contribution < 1.29 is 23.9 Å². The van der Waals surface area contributed by atoms with Crippen molar-refractivity contribution in [2.24, 2.45) is 11.3 Å². The monoisotopic (exact) mass is 594 g/mol. The summed E-state index contributed by atoms with van der Waals surface area (Å²) in [6.07, 6.45) is 3.16. The first-order valence-electron chi connectivity index (χ1n) is 11.8. The van der Waals surface area contributed by atoms with Gasteiger partial charge in [-0.2, -0.15) is 0 Å². The van der Waals surface area contributed by atoms with Gasteiger partial charge in [0.05, 0.1) is 9.65 Å². The molecular formula is C24H43IN4O5. The lowest BCUT2D eigenvalue weighted by Gasteiger charge is -2.40. The van der Waals surface area contributed by atoms with E-state index in [0.717, 1.165) is 19.3 Å². The fourth-order valence-corrected chi connectivity index (χ4v) is 5.14. The van der Waals surface area contributed by atoms with Crippen LogP contribution in [0.5, 0.6) is 0 Å². The summed E-state index contributed by atoms with van der Waals surface area (Å²) in [5.41, 5.74) is -0.130. The van der Waals surface area contributed by atoms with E-state index in [1.807, 2.05) is 25.7 Å². The summed E-state index contributed by atoms with van der Waals surface area (Å²) in [5, 5.41) is 2.78. The lowest BCUT2D eigenvalue weighted by Crippen LogP contribution is -2.57. The van der Waals surface area contributed by atoms with E-state index in [0.29, 0.717) is 13.0 Å². The number of halogens is 1. The Morgan fingerprint density at radius 3 is 2.32 bits per heavy atom. The molecular weight excluding hydrogens is 551 g/mol. The van der Waals surface area contributed by atoms with Crippen molar-refractivity contribution in [3.8, 4) is 0 Å². The molecule has 0 spiro atoms. The summed E-state index contributed by atoms with van der Waals surface area (Å²) < 4.78 is 5.00. The molecule has 0 aromatic rings. The molecule has 2 rings (SSSR count). The topological polar surface area (TPSA) is 99.3 Å². The largest absolute Gasteiger partial charge is 0.379 e. The number of hydrogen-bond donors (Lipinski definition) is 1. The van der Waals surface area contributed by atoms with Crippen LogP contribution in [0.25, 0.3) is 0 Å². The number of hydrogen-bond acceptors (Lipinski definition) is 5. The predicted octanol–water partition coefficient (Wildman–Crippen LogP) is 2.27. The maximum Gasteiger partial charge on any atom is 0.248 e. The van der Waals surface area contributed by atoms with E-state index in [2.05, 4.69) is 48.7 Å². The Kier molecular flexibility index (Phi) is 11.3. The molecule has 2 aliphatic heterocycles. The number of methoxy groups -OCH3 is 1. The third-order valence-corrected chi connectivity index (χ3v) is 8.21. The van der Waals surface area contributed by atoms with Gasteiger partial charge in [0.2, 0.25) is 24.6 Å². The molecule has 10 heteroatoms. The van der Waals surface area contributed by atoms with Gasteiger partial charge in [-0.3, -0.25) is 19.2 Å². The molecule has 0 aromatic carbocycles. The van der Waals surface area contributed by atoms with Gasteiger partial charge in [-0.1, -0.05) is 43.4 Å². The highest BCUT2D eigenvalue weighted by atomic mass is 127. The number of amides is 4. The predicted molar refractivity (Wildman–Crippen MR) is 140 cm³/mol. The van der Waals surface area contributed by atoms with Crippen LogP contribution in [0.2, 0.25) is 0 Å². The summed E-state index contributed by atoms with van der Waals surface area (Å²) in [7, 11) is 3.22. The molecule has 9 nitrogen and oxygen atoms in total. The van der Waals surface area contributed by atoms with Crippen molar-refractivity contribution in [3.05, 3.63) is 0 Å². The highest BCUT2D eigenvalue weighted by molar-refractivity contribution is 14.1. The summed E-state index contributed by atoms with van der Waals surface area (Å²) >= 11 is 2.29. The van der Waals surface area contributed by atoms with Crippen LogP contribution in [0, 0.1) is 11.3 Å². The Bertz CT molecular complexity index is 727. The van der Waals surface area contributed by atoms with Gasteiger partial charge in [0.25, 0.3) is 0 Å². The van der Waals surface area contributed by atoms with E-state index in [1.54, 1.807) is 18.9 Å². The molecule has 0 saturated carbocycles. The molecule has 2 saturated heterocycles. The normalized spacial score (nSPS) is 27.8.